The second-order valence-corrected chi connectivity index (χ2v) is 6.44. The second kappa shape index (κ2) is 7.23. The van der Waals surface area contributed by atoms with Crippen molar-refractivity contribution in [2.45, 2.75) is 45.5 Å². The predicted octanol–water partition coefficient (Wildman–Crippen LogP) is 2.66. The first kappa shape index (κ1) is 18.3. The maximum absolute atomic E-state index is 12.5. The maximum Gasteiger partial charge on any atom is 0.405 e. The third kappa shape index (κ3) is 4.72. The minimum absolute atomic E-state index is 0.105. The molecule has 0 bridgehead atoms. The summed E-state index contributed by atoms with van der Waals surface area (Å²) in [5.41, 5.74) is 1.81. The number of carbonyl (C=O) groups is 2. The van der Waals surface area contributed by atoms with Gasteiger partial charge in [-0.3, -0.25) is 9.59 Å². The van der Waals surface area contributed by atoms with E-state index in [0.29, 0.717) is 0 Å². The summed E-state index contributed by atoms with van der Waals surface area (Å²) in [5.74, 6) is -0.876. The van der Waals surface area contributed by atoms with Gasteiger partial charge in [0.05, 0.1) is 0 Å². The smallest absolute Gasteiger partial charge is 0.345 e. The number of fused-ring (bicyclic) bond motifs is 1. The van der Waals surface area contributed by atoms with Crippen molar-refractivity contribution in [1.29, 1.82) is 0 Å². The zero-order valence-corrected chi connectivity index (χ0v) is 13.7. The Labute approximate surface area is 139 Å². The van der Waals surface area contributed by atoms with Gasteiger partial charge in [-0.1, -0.05) is 38.1 Å². The number of halogens is 3. The SMILES string of the molecule is CC(C)CC(=O)N1Cc2ccccc2CC1C(=O)NCC(F)(F)F. The number of benzene rings is 1. The Bertz CT molecular complexity index is 614. The number of nitrogens with zero attached hydrogens (tertiary/aromatic N) is 1. The molecule has 1 aromatic rings. The number of carbonyl (C=O) groups excluding carboxylic acids is 2. The van der Waals surface area contributed by atoms with Crippen molar-refractivity contribution in [3.05, 3.63) is 35.4 Å². The molecule has 1 aliphatic heterocycles. The topological polar surface area (TPSA) is 49.4 Å². The monoisotopic (exact) mass is 342 g/mol. The summed E-state index contributed by atoms with van der Waals surface area (Å²) in [4.78, 5) is 26.1. The van der Waals surface area contributed by atoms with E-state index in [-0.39, 0.29) is 31.2 Å². The van der Waals surface area contributed by atoms with Gasteiger partial charge in [0, 0.05) is 19.4 Å². The number of hydrogen-bond acceptors (Lipinski definition) is 2. The Hall–Kier alpha value is -2.05. The van der Waals surface area contributed by atoms with Crippen LogP contribution in [0.2, 0.25) is 0 Å². The average molecular weight is 342 g/mol. The molecule has 0 spiro atoms. The summed E-state index contributed by atoms with van der Waals surface area (Å²) in [7, 11) is 0. The van der Waals surface area contributed by atoms with Crippen LogP contribution < -0.4 is 5.32 Å². The first-order valence-electron chi connectivity index (χ1n) is 7.88. The molecule has 0 aliphatic carbocycles. The average Bonchev–Trinajstić information content (AvgIpc) is 2.50. The van der Waals surface area contributed by atoms with Crippen LogP contribution in [0.3, 0.4) is 0 Å². The number of hydrogen-bond donors (Lipinski definition) is 1. The van der Waals surface area contributed by atoms with Crippen molar-refractivity contribution in [2.24, 2.45) is 5.92 Å². The summed E-state index contributed by atoms with van der Waals surface area (Å²) in [6, 6.07) is 6.45. The van der Waals surface area contributed by atoms with Crippen molar-refractivity contribution in [3.63, 3.8) is 0 Å². The summed E-state index contributed by atoms with van der Waals surface area (Å²) < 4.78 is 37.1. The van der Waals surface area contributed by atoms with Crippen LogP contribution in [0.4, 0.5) is 13.2 Å². The van der Waals surface area contributed by atoms with E-state index in [1.54, 1.807) is 0 Å². The van der Waals surface area contributed by atoms with Gasteiger partial charge in [-0.2, -0.15) is 13.2 Å². The van der Waals surface area contributed by atoms with Gasteiger partial charge in [-0.15, -0.1) is 0 Å². The molecule has 1 unspecified atom stereocenters. The standard InChI is InChI=1S/C17H21F3N2O2/c1-11(2)7-15(23)22-9-13-6-4-3-5-12(13)8-14(22)16(24)21-10-17(18,19)20/h3-6,11,14H,7-10H2,1-2H3,(H,21,24). The third-order valence-corrected chi connectivity index (χ3v) is 3.92. The van der Waals surface area contributed by atoms with Crippen LogP contribution in [0.5, 0.6) is 0 Å². The van der Waals surface area contributed by atoms with E-state index in [1.165, 1.54) is 4.90 Å². The number of rotatable bonds is 4. The summed E-state index contributed by atoms with van der Waals surface area (Å²) in [5, 5.41) is 1.90. The molecule has 2 rings (SSSR count). The summed E-state index contributed by atoms with van der Waals surface area (Å²) in [6.45, 7) is 2.62. The van der Waals surface area contributed by atoms with Crippen LogP contribution in [0.25, 0.3) is 0 Å². The van der Waals surface area contributed by atoms with Gasteiger partial charge < -0.3 is 10.2 Å². The van der Waals surface area contributed by atoms with Crippen molar-refractivity contribution in [2.75, 3.05) is 6.54 Å². The molecule has 0 fully saturated rings. The molecule has 132 valence electrons. The largest absolute Gasteiger partial charge is 0.405 e. The van der Waals surface area contributed by atoms with Gasteiger partial charge in [-0.05, 0) is 17.0 Å². The molecule has 1 heterocycles. The van der Waals surface area contributed by atoms with E-state index < -0.39 is 24.7 Å². The Morgan fingerprint density at radius 1 is 1.25 bits per heavy atom. The van der Waals surface area contributed by atoms with Crippen LogP contribution in [0, 0.1) is 5.92 Å². The first-order chi connectivity index (χ1) is 11.2. The van der Waals surface area contributed by atoms with Gasteiger partial charge in [0.2, 0.25) is 11.8 Å². The highest BCUT2D eigenvalue weighted by Gasteiger charge is 2.36. The summed E-state index contributed by atoms with van der Waals surface area (Å²) in [6.07, 6.45) is -4.00. The molecule has 0 saturated heterocycles. The van der Waals surface area contributed by atoms with Crippen molar-refractivity contribution in [3.8, 4) is 0 Å². The molecule has 2 amide bonds. The minimum atomic E-state index is -4.48. The predicted molar refractivity (Wildman–Crippen MR) is 83.0 cm³/mol. The van der Waals surface area contributed by atoms with Crippen LogP contribution in [0.1, 0.15) is 31.4 Å². The second-order valence-electron chi connectivity index (χ2n) is 6.44. The highest BCUT2D eigenvalue weighted by Crippen LogP contribution is 2.25. The molecular formula is C17H21F3N2O2. The van der Waals surface area contributed by atoms with E-state index in [0.717, 1.165) is 11.1 Å². The quantitative estimate of drug-likeness (QED) is 0.915. The molecular weight excluding hydrogens is 321 g/mol. The fraction of sp³-hybridized carbons (Fsp3) is 0.529. The molecule has 1 aromatic carbocycles. The van der Waals surface area contributed by atoms with Crippen molar-refractivity contribution in [1.82, 2.24) is 10.2 Å². The fourth-order valence-electron chi connectivity index (χ4n) is 2.79. The van der Waals surface area contributed by atoms with Crippen LogP contribution in [-0.2, 0) is 22.6 Å². The van der Waals surface area contributed by atoms with E-state index in [4.69, 9.17) is 0 Å². The molecule has 0 aromatic heterocycles. The molecule has 1 N–H and O–H groups in total. The highest BCUT2D eigenvalue weighted by molar-refractivity contribution is 5.88. The maximum atomic E-state index is 12.5. The fourth-order valence-corrected chi connectivity index (χ4v) is 2.79. The lowest BCUT2D eigenvalue weighted by molar-refractivity contribution is -0.147. The number of alkyl halides is 3. The Balaban J connectivity index is 2.20. The molecule has 4 nitrogen and oxygen atoms in total. The van der Waals surface area contributed by atoms with E-state index >= 15 is 0 Å². The Kier molecular flexibility index (Phi) is 5.51. The van der Waals surface area contributed by atoms with E-state index in [1.807, 2.05) is 43.4 Å². The van der Waals surface area contributed by atoms with E-state index in [9.17, 15) is 22.8 Å². The lowest BCUT2D eigenvalue weighted by Crippen LogP contribution is -2.53. The van der Waals surface area contributed by atoms with Crippen molar-refractivity contribution >= 4 is 11.8 Å². The molecule has 7 heteroatoms. The molecule has 24 heavy (non-hydrogen) atoms. The van der Waals surface area contributed by atoms with Gasteiger partial charge in [0.1, 0.15) is 12.6 Å². The van der Waals surface area contributed by atoms with Gasteiger partial charge >= 0.3 is 6.18 Å². The van der Waals surface area contributed by atoms with Crippen LogP contribution in [0.15, 0.2) is 24.3 Å². The first-order valence-corrected chi connectivity index (χ1v) is 7.88. The van der Waals surface area contributed by atoms with Crippen LogP contribution >= 0.6 is 0 Å². The Morgan fingerprint density at radius 3 is 2.46 bits per heavy atom. The minimum Gasteiger partial charge on any atom is -0.345 e. The number of amides is 2. The van der Waals surface area contributed by atoms with Crippen LogP contribution in [-0.4, -0.2) is 35.5 Å². The third-order valence-electron chi connectivity index (χ3n) is 3.92. The zero-order valence-electron chi connectivity index (χ0n) is 13.7. The lowest BCUT2D eigenvalue weighted by atomic mass is 9.92. The van der Waals surface area contributed by atoms with Gasteiger partial charge in [-0.25, -0.2) is 0 Å². The van der Waals surface area contributed by atoms with Gasteiger partial charge in [0.25, 0.3) is 0 Å². The Morgan fingerprint density at radius 2 is 1.88 bits per heavy atom. The van der Waals surface area contributed by atoms with Crippen molar-refractivity contribution < 1.29 is 22.8 Å². The van der Waals surface area contributed by atoms with E-state index in [2.05, 4.69) is 0 Å². The lowest BCUT2D eigenvalue weighted by Gasteiger charge is -2.36. The molecule has 1 atom stereocenters. The molecule has 1 aliphatic rings. The highest BCUT2D eigenvalue weighted by atomic mass is 19.4. The normalized spacial score (nSPS) is 17.6. The zero-order chi connectivity index (χ0) is 17.9. The molecule has 0 radical (unpaired) electrons. The molecule has 0 saturated carbocycles. The van der Waals surface area contributed by atoms with Gasteiger partial charge in [0.15, 0.2) is 0 Å². The number of nitrogens with one attached hydrogen (secondary N) is 1. The summed E-state index contributed by atoms with van der Waals surface area (Å²) >= 11 is 0.